The Morgan fingerprint density at radius 1 is 1.02 bits per heavy atom. The smallest absolute Gasteiger partial charge is 0.196 e. The minimum atomic E-state index is -0.435. The molecule has 1 aromatic carbocycles. The largest absolute Gasteiger partial charge is 0.502 e. The Hall–Kier alpha value is -2.92. The monoisotopic (exact) mass is 589 g/mol. The Morgan fingerprint density at radius 2 is 1.77 bits per heavy atom. The van der Waals surface area contributed by atoms with E-state index in [0.29, 0.717) is 36.2 Å². The van der Waals surface area contributed by atoms with Crippen LogP contribution in [-0.4, -0.2) is 82.5 Å². The number of aromatic hydroxyl groups is 1. The average molecular weight is 591 g/mol. The lowest BCUT2D eigenvalue weighted by Gasteiger charge is -2.41. The molecule has 0 radical (unpaired) electrons. The minimum Gasteiger partial charge on any atom is -0.502 e. The number of ether oxygens (including phenoxy) is 1. The first-order chi connectivity index (χ1) is 19.2. The van der Waals surface area contributed by atoms with Crippen molar-refractivity contribution in [1.82, 2.24) is 19.9 Å². The van der Waals surface area contributed by atoms with Crippen molar-refractivity contribution in [2.24, 2.45) is 0 Å². The van der Waals surface area contributed by atoms with Gasteiger partial charge in [0.05, 0.1) is 28.6 Å². The third-order valence-corrected chi connectivity index (χ3v) is 8.19. The van der Waals surface area contributed by atoms with Crippen LogP contribution in [0.5, 0.6) is 5.75 Å². The number of nitrogens with one attached hydrogen (secondary N) is 1. The van der Waals surface area contributed by atoms with Crippen molar-refractivity contribution in [3.8, 4) is 16.9 Å². The van der Waals surface area contributed by atoms with E-state index in [9.17, 15) is 5.11 Å². The SMILES string of the molecule is CCN1CCN(c2ccc(-c3cnc(N4C[C@@H](C)O[C@@H](C)C4)cc3F)c(Cl)c2Nc2ncnc(Cl)c2O)C[C@@H]1C. The van der Waals surface area contributed by atoms with Gasteiger partial charge in [-0.05, 0) is 33.4 Å². The van der Waals surface area contributed by atoms with Crippen LogP contribution >= 0.6 is 23.2 Å². The summed E-state index contributed by atoms with van der Waals surface area (Å²) in [6.45, 7) is 13.0. The van der Waals surface area contributed by atoms with Crippen LogP contribution in [0.25, 0.3) is 11.1 Å². The predicted octanol–water partition coefficient (Wildman–Crippen LogP) is 5.58. The minimum absolute atomic E-state index is 0.0255. The van der Waals surface area contributed by atoms with Gasteiger partial charge in [-0.3, -0.25) is 4.90 Å². The molecule has 0 saturated carbocycles. The topological polar surface area (TPSA) is 89.9 Å². The Balaban J connectivity index is 1.54. The summed E-state index contributed by atoms with van der Waals surface area (Å²) >= 11 is 13.1. The highest BCUT2D eigenvalue weighted by Crippen LogP contribution is 2.44. The first-order valence-corrected chi connectivity index (χ1v) is 14.3. The highest BCUT2D eigenvalue weighted by atomic mass is 35.5. The molecule has 12 heteroatoms. The Bertz CT molecular complexity index is 1370. The van der Waals surface area contributed by atoms with Gasteiger partial charge < -0.3 is 25.0 Å². The van der Waals surface area contributed by atoms with Crippen LogP contribution in [0.4, 0.5) is 27.4 Å². The molecule has 4 heterocycles. The number of nitrogens with zero attached hydrogens (tertiary/aromatic N) is 6. The zero-order chi connectivity index (χ0) is 28.6. The van der Waals surface area contributed by atoms with E-state index in [-0.39, 0.29) is 39.5 Å². The van der Waals surface area contributed by atoms with Gasteiger partial charge in [-0.15, -0.1) is 0 Å². The van der Waals surface area contributed by atoms with E-state index in [0.717, 1.165) is 31.9 Å². The third kappa shape index (κ3) is 5.76. The zero-order valence-electron chi connectivity index (χ0n) is 23.0. The van der Waals surface area contributed by atoms with Gasteiger partial charge in [-0.25, -0.2) is 19.3 Å². The molecule has 9 nitrogen and oxygen atoms in total. The van der Waals surface area contributed by atoms with Crippen molar-refractivity contribution < 1.29 is 14.2 Å². The van der Waals surface area contributed by atoms with E-state index in [4.69, 9.17) is 27.9 Å². The van der Waals surface area contributed by atoms with E-state index in [1.807, 2.05) is 30.9 Å². The molecule has 0 bridgehead atoms. The molecule has 2 aromatic heterocycles. The lowest BCUT2D eigenvalue weighted by atomic mass is 10.0. The van der Waals surface area contributed by atoms with Gasteiger partial charge in [0, 0.05) is 62.2 Å². The standard InChI is InChI=1S/C28H34Cl2FN7O2/c1-5-36-8-9-37(12-16(36)2)22-7-6-19(24(29)25(22)35-28-26(39)27(30)33-15-34-28)20-11-32-23(10-21(20)31)38-13-17(3)40-18(4)14-38/h6-7,10-11,15-18,39H,5,8-9,12-14H2,1-4H3,(H,33,34,35)/t16-,17-,18+/m0/s1. The molecule has 5 rings (SSSR count). The summed E-state index contributed by atoms with van der Waals surface area (Å²) in [6.07, 6.45) is 2.82. The number of likely N-dealkylation sites (N-methyl/N-ethyl adjacent to an activating group) is 1. The quantitative estimate of drug-likeness (QED) is 0.358. The van der Waals surface area contributed by atoms with Crippen molar-refractivity contribution >= 4 is 46.2 Å². The first-order valence-electron chi connectivity index (χ1n) is 13.5. The second-order valence-electron chi connectivity index (χ2n) is 10.4. The molecular formula is C28H34Cl2FN7O2. The molecule has 0 amide bonds. The van der Waals surface area contributed by atoms with Crippen molar-refractivity contribution in [3.05, 3.63) is 46.7 Å². The van der Waals surface area contributed by atoms with Gasteiger partial charge in [-0.1, -0.05) is 36.2 Å². The maximum atomic E-state index is 15.7. The van der Waals surface area contributed by atoms with Crippen LogP contribution in [0.3, 0.4) is 0 Å². The number of benzene rings is 1. The molecule has 2 N–H and O–H groups in total. The molecule has 214 valence electrons. The second-order valence-corrected chi connectivity index (χ2v) is 11.2. The van der Waals surface area contributed by atoms with Crippen LogP contribution in [0.1, 0.15) is 27.7 Å². The van der Waals surface area contributed by atoms with E-state index >= 15 is 4.39 Å². The first kappa shape index (κ1) is 28.6. The van der Waals surface area contributed by atoms with Crippen LogP contribution in [0.15, 0.2) is 30.7 Å². The van der Waals surface area contributed by atoms with Crippen molar-refractivity contribution in [1.29, 1.82) is 0 Å². The molecule has 0 spiro atoms. The number of hydrogen-bond donors (Lipinski definition) is 2. The maximum Gasteiger partial charge on any atom is 0.196 e. The number of pyridine rings is 1. The van der Waals surface area contributed by atoms with Gasteiger partial charge in [0.25, 0.3) is 0 Å². The molecule has 0 unspecified atom stereocenters. The summed E-state index contributed by atoms with van der Waals surface area (Å²) in [7, 11) is 0. The van der Waals surface area contributed by atoms with E-state index in [1.54, 1.807) is 0 Å². The fourth-order valence-electron chi connectivity index (χ4n) is 5.56. The summed E-state index contributed by atoms with van der Waals surface area (Å²) in [4.78, 5) is 19.2. The molecule has 2 fully saturated rings. The predicted molar refractivity (Wildman–Crippen MR) is 158 cm³/mol. The van der Waals surface area contributed by atoms with Gasteiger partial charge in [0.15, 0.2) is 16.7 Å². The number of anilines is 4. The number of morpholine rings is 1. The normalized spacial score (nSPS) is 22.0. The molecular weight excluding hydrogens is 556 g/mol. The second kappa shape index (κ2) is 11.9. The third-order valence-electron chi connectivity index (χ3n) is 7.53. The highest BCUT2D eigenvalue weighted by molar-refractivity contribution is 6.37. The summed E-state index contributed by atoms with van der Waals surface area (Å²) in [6, 6.07) is 5.49. The molecule has 3 atom stereocenters. The molecule has 2 aliphatic heterocycles. The Morgan fingerprint density at radius 3 is 2.45 bits per heavy atom. The number of hydrogen-bond acceptors (Lipinski definition) is 9. The summed E-state index contributed by atoms with van der Waals surface area (Å²) in [5.41, 5.74) is 2.03. The summed E-state index contributed by atoms with van der Waals surface area (Å²) < 4.78 is 21.5. The van der Waals surface area contributed by atoms with E-state index in [1.165, 1.54) is 18.6 Å². The molecule has 2 aliphatic rings. The number of aromatic nitrogens is 3. The van der Waals surface area contributed by atoms with Gasteiger partial charge in [-0.2, -0.15) is 0 Å². The van der Waals surface area contributed by atoms with Crippen LogP contribution in [-0.2, 0) is 4.74 Å². The Labute approximate surface area is 243 Å². The van der Waals surface area contributed by atoms with Gasteiger partial charge in [0.1, 0.15) is 18.0 Å². The molecule has 0 aliphatic carbocycles. The van der Waals surface area contributed by atoms with Crippen LogP contribution in [0, 0.1) is 5.82 Å². The Kier molecular flexibility index (Phi) is 8.51. The summed E-state index contributed by atoms with van der Waals surface area (Å²) in [5.74, 6) is -0.0786. The number of halogens is 3. The van der Waals surface area contributed by atoms with Crippen LogP contribution < -0.4 is 15.1 Å². The number of piperazine rings is 1. The van der Waals surface area contributed by atoms with Crippen molar-refractivity contribution in [3.63, 3.8) is 0 Å². The fraction of sp³-hybridized carbons (Fsp3) is 0.464. The molecule has 40 heavy (non-hydrogen) atoms. The van der Waals surface area contributed by atoms with Crippen molar-refractivity contribution in [2.45, 2.75) is 45.9 Å². The lowest BCUT2D eigenvalue weighted by Crippen LogP contribution is -2.51. The highest BCUT2D eigenvalue weighted by Gasteiger charge is 2.28. The van der Waals surface area contributed by atoms with Crippen molar-refractivity contribution in [2.75, 3.05) is 54.4 Å². The van der Waals surface area contributed by atoms with E-state index < -0.39 is 5.82 Å². The lowest BCUT2D eigenvalue weighted by molar-refractivity contribution is -0.00547. The molecule has 3 aromatic rings. The maximum absolute atomic E-state index is 15.7. The molecule has 2 saturated heterocycles. The number of rotatable bonds is 6. The van der Waals surface area contributed by atoms with E-state index in [2.05, 4.69) is 43.9 Å². The fourth-order valence-corrected chi connectivity index (χ4v) is 6.01. The van der Waals surface area contributed by atoms with Crippen LogP contribution in [0.2, 0.25) is 10.2 Å². The summed E-state index contributed by atoms with van der Waals surface area (Å²) in [5, 5.41) is 13.9. The van der Waals surface area contributed by atoms with Gasteiger partial charge >= 0.3 is 0 Å². The average Bonchev–Trinajstić information content (AvgIpc) is 2.92. The van der Waals surface area contributed by atoms with Gasteiger partial charge in [0.2, 0.25) is 0 Å². The zero-order valence-corrected chi connectivity index (χ0v) is 24.5.